The summed E-state index contributed by atoms with van der Waals surface area (Å²) < 4.78 is 0. The molecular formula is C7H16ClN. The Labute approximate surface area is 63.4 Å². The van der Waals surface area contributed by atoms with Gasteiger partial charge in [0.1, 0.15) is 0 Å². The summed E-state index contributed by atoms with van der Waals surface area (Å²) in [5.74, 6) is 0.888. The molecule has 1 rings (SSSR count). The third-order valence-corrected chi connectivity index (χ3v) is 1.98. The lowest BCUT2D eigenvalue weighted by Gasteiger charge is -2.22. The predicted octanol–water partition coefficient (Wildman–Crippen LogP) is 1.95. The zero-order chi connectivity index (χ0) is 5.98. The number of hydrogen-bond acceptors (Lipinski definition) is 1. The van der Waals surface area contributed by atoms with E-state index in [0.717, 1.165) is 5.92 Å². The molecular weight excluding hydrogens is 134 g/mol. The Bertz CT molecular complexity index is 67.3. The molecule has 1 aliphatic carbocycles. The van der Waals surface area contributed by atoms with Crippen LogP contribution in [0.1, 0.15) is 32.6 Å². The molecule has 0 amide bonds. The van der Waals surface area contributed by atoms with Crippen molar-refractivity contribution in [3.05, 3.63) is 0 Å². The molecule has 1 saturated carbocycles. The second-order valence-electron chi connectivity index (χ2n) is 3.03. The van der Waals surface area contributed by atoms with Crippen LogP contribution < -0.4 is 5.73 Å². The van der Waals surface area contributed by atoms with E-state index in [-0.39, 0.29) is 12.4 Å². The summed E-state index contributed by atoms with van der Waals surface area (Å²) in [6, 6.07) is 0.513. The van der Waals surface area contributed by atoms with E-state index >= 15 is 0 Å². The SMILES string of the molecule is C[C@@H]1CCC[C@@H](N)C1.Cl. The Hall–Kier alpha value is 0.250. The summed E-state index contributed by atoms with van der Waals surface area (Å²) in [4.78, 5) is 0. The number of halogens is 1. The maximum absolute atomic E-state index is 5.73. The van der Waals surface area contributed by atoms with Crippen LogP contribution in [0.5, 0.6) is 0 Å². The molecule has 2 heteroatoms. The van der Waals surface area contributed by atoms with Gasteiger partial charge in [-0.25, -0.2) is 0 Å². The first-order chi connectivity index (χ1) is 3.79. The lowest BCUT2D eigenvalue weighted by atomic mass is 9.88. The Morgan fingerprint density at radius 2 is 2.00 bits per heavy atom. The van der Waals surface area contributed by atoms with E-state index in [0.29, 0.717) is 6.04 Å². The average Bonchev–Trinajstić information content (AvgIpc) is 1.64. The van der Waals surface area contributed by atoms with Gasteiger partial charge in [-0.1, -0.05) is 19.8 Å². The van der Waals surface area contributed by atoms with Crippen LogP contribution in [0.25, 0.3) is 0 Å². The minimum absolute atomic E-state index is 0. The largest absolute Gasteiger partial charge is 0.328 e. The lowest BCUT2D eigenvalue weighted by molar-refractivity contribution is 0.344. The molecule has 0 aromatic rings. The molecule has 0 aliphatic heterocycles. The first-order valence-corrected chi connectivity index (χ1v) is 3.54. The van der Waals surface area contributed by atoms with Crippen LogP contribution in [0.3, 0.4) is 0 Å². The smallest absolute Gasteiger partial charge is 0.00413 e. The van der Waals surface area contributed by atoms with Crippen molar-refractivity contribution in [2.45, 2.75) is 38.6 Å². The van der Waals surface area contributed by atoms with Crippen LogP contribution in [0, 0.1) is 5.92 Å². The maximum Gasteiger partial charge on any atom is 0.00413 e. The van der Waals surface area contributed by atoms with Gasteiger partial charge in [0.15, 0.2) is 0 Å². The van der Waals surface area contributed by atoms with Crippen molar-refractivity contribution >= 4 is 12.4 Å². The van der Waals surface area contributed by atoms with Crippen LogP contribution in [0.15, 0.2) is 0 Å². The summed E-state index contributed by atoms with van der Waals surface area (Å²) >= 11 is 0. The van der Waals surface area contributed by atoms with E-state index in [1.165, 1.54) is 25.7 Å². The molecule has 56 valence electrons. The van der Waals surface area contributed by atoms with Crippen molar-refractivity contribution < 1.29 is 0 Å². The summed E-state index contributed by atoms with van der Waals surface area (Å²) in [6.07, 6.45) is 5.25. The normalized spacial score (nSPS) is 35.3. The zero-order valence-corrected chi connectivity index (χ0v) is 6.79. The highest BCUT2D eigenvalue weighted by molar-refractivity contribution is 5.85. The minimum atomic E-state index is 0. The fraction of sp³-hybridized carbons (Fsp3) is 1.00. The summed E-state index contributed by atoms with van der Waals surface area (Å²) in [5.41, 5.74) is 5.73. The molecule has 1 nitrogen and oxygen atoms in total. The first-order valence-electron chi connectivity index (χ1n) is 3.54. The minimum Gasteiger partial charge on any atom is -0.328 e. The van der Waals surface area contributed by atoms with Gasteiger partial charge in [0, 0.05) is 6.04 Å². The van der Waals surface area contributed by atoms with Crippen molar-refractivity contribution in [1.82, 2.24) is 0 Å². The third-order valence-electron chi connectivity index (χ3n) is 1.98. The second-order valence-corrected chi connectivity index (χ2v) is 3.03. The molecule has 0 unspecified atom stereocenters. The van der Waals surface area contributed by atoms with Crippen LogP contribution in [-0.2, 0) is 0 Å². The molecule has 1 aliphatic rings. The molecule has 0 heterocycles. The van der Waals surface area contributed by atoms with E-state index in [9.17, 15) is 0 Å². The predicted molar refractivity (Wildman–Crippen MR) is 42.9 cm³/mol. The highest BCUT2D eigenvalue weighted by atomic mass is 35.5. The molecule has 0 saturated heterocycles. The molecule has 2 atom stereocenters. The molecule has 0 bridgehead atoms. The third kappa shape index (κ3) is 3.07. The van der Waals surface area contributed by atoms with Gasteiger partial charge in [0.25, 0.3) is 0 Å². The quantitative estimate of drug-likeness (QED) is 0.560. The van der Waals surface area contributed by atoms with Crippen molar-refractivity contribution in [3.8, 4) is 0 Å². The second kappa shape index (κ2) is 4.13. The number of nitrogens with two attached hydrogens (primary N) is 1. The van der Waals surface area contributed by atoms with Gasteiger partial charge < -0.3 is 5.73 Å². The highest BCUT2D eigenvalue weighted by Crippen LogP contribution is 2.21. The fourth-order valence-electron chi connectivity index (χ4n) is 1.48. The van der Waals surface area contributed by atoms with Crippen molar-refractivity contribution in [2.75, 3.05) is 0 Å². The Kier molecular flexibility index (Phi) is 4.24. The summed E-state index contributed by atoms with van der Waals surface area (Å²) in [5, 5.41) is 0. The lowest BCUT2D eigenvalue weighted by Crippen LogP contribution is -2.26. The van der Waals surface area contributed by atoms with E-state index < -0.39 is 0 Å². The van der Waals surface area contributed by atoms with Gasteiger partial charge >= 0.3 is 0 Å². The van der Waals surface area contributed by atoms with E-state index in [4.69, 9.17) is 5.73 Å². The van der Waals surface area contributed by atoms with Gasteiger partial charge in [-0.2, -0.15) is 0 Å². The van der Waals surface area contributed by atoms with E-state index in [1.807, 2.05) is 0 Å². The molecule has 0 spiro atoms. The molecule has 0 radical (unpaired) electrons. The van der Waals surface area contributed by atoms with Gasteiger partial charge in [-0.3, -0.25) is 0 Å². The molecule has 1 fully saturated rings. The van der Waals surface area contributed by atoms with Gasteiger partial charge in [-0.15, -0.1) is 12.4 Å². The van der Waals surface area contributed by atoms with E-state index in [2.05, 4.69) is 6.92 Å². The topological polar surface area (TPSA) is 26.0 Å². The van der Waals surface area contributed by atoms with Crippen molar-refractivity contribution in [3.63, 3.8) is 0 Å². The molecule has 2 N–H and O–H groups in total. The fourth-order valence-corrected chi connectivity index (χ4v) is 1.48. The number of hydrogen-bond donors (Lipinski definition) is 1. The van der Waals surface area contributed by atoms with Gasteiger partial charge in [-0.05, 0) is 18.8 Å². The van der Waals surface area contributed by atoms with Crippen molar-refractivity contribution in [2.24, 2.45) is 11.7 Å². The van der Waals surface area contributed by atoms with E-state index in [1.54, 1.807) is 0 Å². The monoisotopic (exact) mass is 149 g/mol. The highest BCUT2D eigenvalue weighted by Gasteiger charge is 2.13. The van der Waals surface area contributed by atoms with Crippen LogP contribution >= 0.6 is 12.4 Å². The van der Waals surface area contributed by atoms with Crippen LogP contribution in [0.2, 0.25) is 0 Å². The Balaban J connectivity index is 0.000000640. The molecule has 9 heavy (non-hydrogen) atoms. The molecule has 0 aromatic carbocycles. The maximum atomic E-state index is 5.73. The zero-order valence-electron chi connectivity index (χ0n) is 5.97. The average molecular weight is 150 g/mol. The number of rotatable bonds is 0. The standard InChI is InChI=1S/C7H15N.ClH/c1-6-3-2-4-7(8)5-6;/h6-7H,2-5,8H2,1H3;1H/t6-,7-;/m1./s1. The Morgan fingerprint density at radius 1 is 1.33 bits per heavy atom. The Morgan fingerprint density at radius 3 is 2.33 bits per heavy atom. The van der Waals surface area contributed by atoms with Gasteiger partial charge in [0.05, 0.1) is 0 Å². The van der Waals surface area contributed by atoms with Crippen molar-refractivity contribution in [1.29, 1.82) is 0 Å². The van der Waals surface area contributed by atoms with Crippen LogP contribution in [0.4, 0.5) is 0 Å². The summed E-state index contributed by atoms with van der Waals surface area (Å²) in [6.45, 7) is 2.29. The summed E-state index contributed by atoms with van der Waals surface area (Å²) in [7, 11) is 0. The molecule has 0 aromatic heterocycles. The first kappa shape index (κ1) is 9.25. The van der Waals surface area contributed by atoms with Gasteiger partial charge in [0.2, 0.25) is 0 Å². The van der Waals surface area contributed by atoms with Crippen LogP contribution in [-0.4, -0.2) is 6.04 Å².